The average Bonchev–Trinajstić information content (AvgIpc) is 2.88. The molecule has 1 saturated heterocycles. The molecule has 11 heteroatoms. The van der Waals surface area contributed by atoms with E-state index < -0.39 is 37.4 Å². The first-order valence-corrected chi connectivity index (χ1v) is 13.2. The molecule has 9 nitrogen and oxygen atoms in total. The van der Waals surface area contributed by atoms with Gasteiger partial charge in [-0.05, 0) is 35.4 Å². The van der Waals surface area contributed by atoms with Crippen LogP contribution in [0.4, 0.5) is 4.39 Å². The number of carbonyl (C=O) groups is 2. The molecule has 2 amide bonds. The first-order valence-electron chi connectivity index (χ1n) is 11.4. The van der Waals surface area contributed by atoms with E-state index in [1.54, 1.807) is 24.3 Å². The molecule has 0 bridgehead atoms. The second-order valence-corrected chi connectivity index (χ2v) is 10.1. The molecule has 1 fully saturated rings. The lowest BCUT2D eigenvalue weighted by molar-refractivity contribution is -0.133. The van der Waals surface area contributed by atoms with Crippen molar-refractivity contribution in [3.05, 3.63) is 78.2 Å². The number of hydrogen-bond acceptors (Lipinski definition) is 5. The summed E-state index contributed by atoms with van der Waals surface area (Å²) in [5.74, 6) is -1.90. The molecule has 36 heavy (non-hydrogen) atoms. The van der Waals surface area contributed by atoms with Crippen molar-refractivity contribution in [1.82, 2.24) is 20.5 Å². The smallest absolute Gasteiger partial charge is 0.328 e. The van der Waals surface area contributed by atoms with Crippen molar-refractivity contribution in [1.29, 1.82) is 0 Å². The van der Waals surface area contributed by atoms with Crippen molar-refractivity contribution in [2.24, 2.45) is 0 Å². The van der Waals surface area contributed by atoms with Gasteiger partial charge in [0.2, 0.25) is 5.91 Å². The highest BCUT2D eigenvalue weighted by Gasteiger charge is 2.33. The third-order valence-electron chi connectivity index (χ3n) is 5.77. The second kappa shape index (κ2) is 11.1. The summed E-state index contributed by atoms with van der Waals surface area (Å²) in [6, 6.07) is 16.9. The van der Waals surface area contributed by atoms with Crippen LogP contribution >= 0.6 is 7.60 Å². The van der Waals surface area contributed by atoms with Gasteiger partial charge in [-0.25, -0.2) is 9.37 Å². The summed E-state index contributed by atoms with van der Waals surface area (Å²) in [5, 5.41) is 5.56. The van der Waals surface area contributed by atoms with Crippen molar-refractivity contribution in [2.75, 3.05) is 32.3 Å². The molecule has 0 radical (unpaired) electrons. The lowest BCUT2D eigenvalue weighted by atomic mass is 10.0. The molecule has 188 valence electrons. The maximum Gasteiger partial charge on any atom is 0.328 e. The van der Waals surface area contributed by atoms with Crippen molar-refractivity contribution < 1.29 is 28.3 Å². The van der Waals surface area contributed by atoms with Gasteiger partial charge in [-0.1, -0.05) is 42.5 Å². The van der Waals surface area contributed by atoms with E-state index in [1.165, 1.54) is 17.0 Å². The number of hydrogen-bond donors (Lipinski definition) is 4. The van der Waals surface area contributed by atoms with Gasteiger partial charge in [-0.2, -0.15) is 0 Å². The molecule has 1 aromatic heterocycles. The van der Waals surface area contributed by atoms with Crippen LogP contribution in [0.5, 0.6) is 0 Å². The number of carbonyl (C=O) groups excluding carboxylic acids is 2. The lowest BCUT2D eigenvalue weighted by Crippen LogP contribution is -2.55. The van der Waals surface area contributed by atoms with Gasteiger partial charge >= 0.3 is 7.60 Å². The van der Waals surface area contributed by atoms with E-state index in [0.29, 0.717) is 31.7 Å². The summed E-state index contributed by atoms with van der Waals surface area (Å²) in [5.41, 5.74) is 1.63. The van der Waals surface area contributed by atoms with Gasteiger partial charge in [0.1, 0.15) is 17.6 Å². The number of benzene rings is 2. The van der Waals surface area contributed by atoms with E-state index in [0.717, 1.165) is 5.56 Å². The molecule has 1 aliphatic heterocycles. The van der Waals surface area contributed by atoms with Crippen LogP contribution in [0.1, 0.15) is 10.5 Å². The monoisotopic (exact) mass is 512 g/mol. The van der Waals surface area contributed by atoms with E-state index in [-0.39, 0.29) is 17.0 Å². The molecule has 4 rings (SSSR count). The minimum absolute atomic E-state index is 0.113. The fourth-order valence-electron chi connectivity index (χ4n) is 4.01. The number of nitrogens with zero attached hydrogens (tertiary/aromatic N) is 2. The molecule has 0 aliphatic carbocycles. The van der Waals surface area contributed by atoms with Gasteiger partial charge < -0.3 is 25.3 Å². The SMILES string of the molecule is O=C(NC(CP(=O)(O)O)C(=O)N1CCNCC1)c1cc(-c2ccccc2)cc(-c2ccccc2F)n1. The van der Waals surface area contributed by atoms with Crippen LogP contribution in [0.3, 0.4) is 0 Å². The van der Waals surface area contributed by atoms with Gasteiger partial charge in [-0.3, -0.25) is 14.2 Å². The van der Waals surface area contributed by atoms with Gasteiger partial charge in [0.25, 0.3) is 5.91 Å². The van der Waals surface area contributed by atoms with E-state index in [4.69, 9.17) is 0 Å². The summed E-state index contributed by atoms with van der Waals surface area (Å²) in [4.78, 5) is 51.2. The summed E-state index contributed by atoms with van der Waals surface area (Å²) < 4.78 is 26.3. The Balaban J connectivity index is 1.70. The zero-order valence-electron chi connectivity index (χ0n) is 19.3. The maximum absolute atomic E-state index is 14.6. The Morgan fingerprint density at radius 2 is 1.69 bits per heavy atom. The molecule has 1 atom stereocenters. The maximum atomic E-state index is 14.6. The number of aromatic nitrogens is 1. The van der Waals surface area contributed by atoms with Crippen LogP contribution in [-0.2, 0) is 9.36 Å². The predicted octanol–water partition coefficient (Wildman–Crippen LogP) is 2.26. The van der Waals surface area contributed by atoms with Gasteiger partial charge in [0, 0.05) is 31.7 Å². The zero-order valence-corrected chi connectivity index (χ0v) is 20.2. The Bertz CT molecular complexity index is 1290. The minimum Gasteiger partial charge on any atom is -0.338 e. The molecule has 4 N–H and O–H groups in total. The Morgan fingerprint density at radius 3 is 2.36 bits per heavy atom. The van der Waals surface area contributed by atoms with Crippen molar-refractivity contribution in [3.63, 3.8) is 0 Å². The number of amides is 2. The molecule has 2 aromatic carbocycles. The second-order valence-electron chi connectivity index (χ2n) is 8.42. The predicted molar refractivity (Wildman–Crippen MR) is 133 cm³/mol. The normalized spacial score (nSPS) is 14.8. The first kappa shape index (κ1) is 25.7. The highest BCUT2D eigenvalue weighted by molar-refractivity contribution is 7.51. The number of piperazine rings is 1. The zero-order chi connectivity index (χ0) is 25.7. The van der Waals surface area contributed by atoms with Crippen LogP contribution in [0, 0.1) is 5.82 Å². The van der Waals surface area contributed by atoms with E-state index in [2.05, 4.69) is 15.6 Å². The minimum atomic E-state index is -4.64. The van der Waals surface area contributed by atoms with Crippen molar-refractivity contribution in [3.8, 4) is 22.4 Å². The quantitative estimate of drug-likeness (QED) is 0.357. The topological polar surface area (TPSA) is 132 Å². The van der Waals surface area contributed by atoms with Gasteiger partial charge in [0.05, 0.1) is 11.9 Å². The molecule has 2 heterocycles. The molecule has 1 aliphatic rings. The Morgan fingerprint density at radius 1 is 1.03 bits per heavy atom. The van der Waals surface area contributed by atoms with Crippen LogP contribution in [0.25, 0.3) is 22.4 Å². The fourth-order valence-corrected chi connectivity index (χ4v) is 4.74. The van der Waals surface area contributed by atoms with Crippen LogP contribution in [-0.4, -0.2) is 69.9 Å². The third-order valence-corrected chi connectivity index (χ3v) is 6.61. The molecule has 3 aromatic rings. The lowest BCUT2D eigenvalue weighted by Gasteiger charge is -2.31. The van der Waals surface area contributed by atoms with Crippen LogP contribution < -0.4 is 10.6 Å². The number of nitrogens with one attached hydrogen (secondary N) is 2. The Hall–Kier alpha value is -3.43. The standard InChI is InChI=1S/C25H26FN4O5P/c26-20-9-5-4-8-19(20)21-14-18(17-6-2-1-3-7-17)15-22(28-21)24(31)29-23(16-36(33,34)35)25(32)30-12-10-27-11-13-30/h1-9,14-15,23,27H,10-13,16H2,(H,29,31)(H2,33,34,35). The fraction of sp³-hybridized carbons (Fsp3) is 0.240. The van der Waals surface area contributed by atoms with Crippen LogP contribution in [0.2, 0.25) is 0 Å². The molecule has 0 saturated carbocycles. The highest BCUT2D eigenvalue weighted by Crippen LogP contribution is 2.35. The highest BCUT2D eigenvalue weighted by atomic mass is 31.2. The Kier molecular flexibility index (Phi) is 7.91. The van der Waals surface area contributed by atoms with E-state index in [9.17, 15) is 28.3 Å². The number of halogens is 1. The van der Waals surface area contributed by atoms with E-state index >= 15 is 0 Å². The number of rotatable bonds is 7. The first-order chi connectivity index (χ1) is 17.2. The number of pyridine rings is 1. The molecule has 0 spiro atoms. The van der Waals surface area contributed by atoms with Crippen molar-refractivity contribution >= 4 is 19.4 Å². The van der Waals surface area contributed by atoms with E-state index in [1.807, 2.05) is 30.3 Å². The van der Waals surface area contributed by atoms with Gasteiger partial charge in [0.15, 0.2) is 0 Å². The largest absolute Gasteiger partial charge is 0.338 e. The molecule has 1 unspecified atom stereocenters. The third kappa shape index (κ3) is 6.41. The van der Waals surface area contributed by atoms with Crippen molar-refractivity contribution in [2.45, 2.75) is 6.04 Å². The average molecular weight is 512 g/mol. The summed E-state index contributed by atoms with van der Waals surface area (Å²) in [6.07, 6.45) is -0.847. The summed E-state index contributed by atoms with van der Waals surface area (Å²) in [7, 11) is -4.64. The molecular weight excluding hydrogens is 486 g/mol. The van der Waals surface area contributed by atoms with Crippen LogP contribution in [0.15, 0.2) is 66.7 Å². The Labute approximate surface area is 207 Å². The summed E-state index contributed by atoms with van der Waals surface area (Å²) >= 11 is 0. The molecular formula is C25H26FN4O5P. The summed E-state index contributed by atoms with van der Waals surface area (Å²) in [6.45, 7) is 1.78. The van der Waals surface area contributed by atoms with Gasteiger partial charge in [-0.15, -0.1) is 0 Å².